The molecule has 18 heavy (non-hydrogen) atoms. The van der Waals surface area contributed by atoms with E-state index in [1.165, 1.54) is 0 Å². The highest BCUT2D eigenvalue weighted by atomic mass is 35.5. The van der Waals surface area contributed by atoms with Crippen molar-refractivity contribution in [1.82, 2.24) is 5.32 Å². The lowest BCUT2D eigenvalue weighted by Gasteiger charge is -2.17. The van der Waals surface area contributed by atoms with Crippen LogP contribution in [-0.2, 0) is 0 Å². The zero-order chi connectivity index (χ0) is 13.3. The SMILES string of the molecule is CNC(c1ccc(C)c(Cl)c1)c1cc(C)oc1C. The van der Waals surface area contributed by atoms with Gasteiger partial charge in [0, 0.05) is 10.6 Å². The molecule has 1 aromatic heterocycles. The summed E-state index contributed by atoms with van der Waals surface area (Å²) in [6.07, 6.45) is 0. The van der Waals surface area contributed by atoms with Crippen LogP contribution in [0.5, 0.6) is 0 Å². The van der Waals surface area contributed by atoms with Gasteiger partial charge in [-0.15, -0.1) is 0 Å². The zero-order valence-corrected chi connectivity index (χ0v) is 11.9. The fraction of sp³-hybridized carbons (Fsp3) is 0.333. The molecule has 2 aromatic rings. The Morgan fingerprint density at radius 2 is 1.89 bits per heavy atom. The molecule has 1 aromatic carbocycles. The predicted octanol–water partition coefficient (Wildman–Crippen LogP) is 4.17. The third-order valence-electron chi connectivity index (χ3n) is 3.21. The molecule has 0 aliphatic rings. The number of aryl methyl sites for hydroxylation is 3. The molecule has 1 atom stereocenters. The Kier molecular flexibility index (Phi) is 3.79. The van der Waals surface area contributed by atoms with E-state index < -0.39 is 0 Å². The lowest BCUT2D eigenvalue weighted by Crippen LogP contribution is -2.17. The van der Waals surface area contributed by atoms with Gasteiger partial charge in [-0.05, 0) is 51.1 Å². The molecule has 1 unspecified atom stereocenters. The highest BCUT2D eigenvalue weighted by molar-refractivity contribution is 6.31. The molecule has 0 aliphatic heterocycles. The Morgan fingerprint density at radius 3 is 2.39 bits per heavy atom. The number of furan rings is 1. The molecule has 96 valence electrons. The number of hydrogen-bond acceptors (Lipinski definition) is 2. The molecule has 0 aliphatic carbocycles. The average molecular weight is 264 g/mol. The Bertz CT molecular complexity index is 560. The fourth-order valence-electron chi connectivity index (χ4n) is 2.23. The van der Waals surface area contributed by atoms with E-state index in [-0.39, 0.29) is 6.04 Å². The summed E-state index contributed by atoms with van der Waals surface area (Å²) in [6.45, 7) is 5.96. The molecule has 0 fully saturated rings. The fourth-order valence-corrected chi connectivity index (χ4v) is 2.42. The van der Waals surface area contributed by atoms with Crippen LogP contribution < -0.4 is 5.32 Å². The van der Waals surface area contributed by atoms with E-state index in [1.54, 1.807) is 0 Å². The van der Waals surface area contributed by atoms with E-state index in [9.17, 15) is 0 Å². The van der Waals surface area contributed by atoms with Crippen LogP contribution in [0.1, 0.15) is 34.3 Å². The molecule has 2 nitrogen and oxygen atoms in total. The summed E-state index contributed by atoms with van der Waals surface area (Å²) >= 11 is 6.20. The van der Waals surface area contributed by atoms with Crippen molar-refractivity contribution < 1.29 is 4.42 Å². The minimum Gasteiger partial charge on any atom is -0.466 e. The molecule has 1 heterocycles. The summed E-state index contributed by atoms with van der Waals surface area (Å²) in [5.41, 5.74) is 3.40. The van der Waals surface area contributed by atoms with E-state index in [1.807, 2.05) is 40.0 Å². The third kappa shape index (κ3) is 2.45. The first-order valence-corrected chi connectivity index (χ1v) is 6.41. The van der Waals surface area contributed by atoms with Crippen LogP contribution in [0.25, 0.3) is 0 Å². The first kappa shape index (κ1) is 13.2. The molecule has 0 radical (unpaired) electrons. The number of rotatable bonds is 3. The molecular weight excluding hydrogens is 246 g/mol. The Balaban J connectivity index is 2.45. The van der Waals surface area contributed by atoms with Gasteiger partial charge in [0.1, 0.15) is 11.5 Å². The lowest BCUT2D eigenvalue weighted by atomic mass is 9.98. The quantitative estimate of drug-likeness (QED) is 0.899. The summed E-state index contributed by atoms with van der Waals surface area (Å²) < 4.78 is 5.60. The van der Waals surface area contributed by atoms with Crippen molar-refractivity contribution in [3.8, 4) is 0 Å². The summed E-state index contributed by atoms with van der Waals surface area (Å²) in [5, 5.41) is 4.11. The van der Waals surface area contributed by atoms with Gasteiger partial charge >= 0.3 is 0 Å². The number of nitrogens with one attached hydrogen (secondary N) is 1. The van der Waals surface area contributed by atoms with Crippen molar-refractivity contribution in [2.24, 2.45) is 0 Å². The molecule has 0 saturated heterocycles. The molecule has 0 bridgehead atoms. The van der Waals surface area contributed by atoms with E-state index >= 15 is 0 Å². The maximum Gasteiger partial charge on any atom is 0.106 e. The van der Waals surface area contributed by atoms with Gasteiger partial charge < -0.3 is 9.73 Å². The Hall–Kier alpha value is -1.25. The molecule has 0 saturated carbocycles. The van der Waals surface area contributed by atoms with Gasteiger partial charge in [0.2, 0.25) is 0 Å². The maximum absolute atomic E-state index is 6.20. The minimum absolute atomic E-state index is 0.112. The second kappa shape index (κ2) is 5.17. The van der Waals surface area contributed by atoms with Crippen molar-refractivity contribution in [3.05, 3.63) is 57.5 Å². The number of halogens is 1. The van der Waals surface area contributed by atoms with Gasteiger partial charge in [0.15, 0.2) is 0 Å². The zero-order valence-electron chi connectivity index (χ0n) is 11.2. The maximum atomic E-state index is 6.20. The van der Waals surface area contributed by atoms with Gasteiger partial charge in [-0.1, -0.05) is 23.7 Å². The van der Waals surface area contributed by atoms with Crippen LogP contribution >= 0.6 is 11.6 Å². The van der Waals surface area contributed by atoms with Crippen molar-refractivity contribution in [3.63, 3.8) is 0 Å². The monoisotopic (exact) mass is 263 g/mol. The molecular formula is C15H18ClNO. The van der Waals surface area contributed by atoms with Gasteiger partial charge in [0.25, 0.3) is 0 Å². The summed E-state index contributed by atoms with van der Waals surface area (Å²) in [4.78, 5) is 0. The van der Waals surface area contributed by atoms with Gasteiger partial charge in [0.05, 0.1) is 6.04 Å². The van der Waals surface area contributed by atoms with Gasteiger partial charge in [-0.25, -0.2) is 0 Å². The summed E-state index contributed by atoms with van der Waals surface area (Å²) in [6, 6.07) is 8.35. The van der Waals surface area contributed by atoms with Crippen molar-refractivity contribution in [2.75, 3.05) is 7.05 Å². The third-order valence-corrected chi connectivity index (χ3v) is 3.62. The second-order valence-corrected chi connectivity index (χ2v) is 5.01. The first-order valence-electron chi connectivity index (χ1n) is 6.03. The van der Waals surface area contributed by atoms with Crippen LogP contribution in [0.15, 0.2) is 28.7 Å². The van der Waals surface area contributed by atoms with Gasteiger partial charge in [-0.2, -0.15) is 0 Å². The highest BCUT2D eigenvalue weighted by Gasteiger charge is 2.18. The van der Waals surface area contributed by atoms with Crippen LogP contribution in [-0.4, -0.2) is 7.05 Å². The van der Waals surface area contributed by atoms with Gasteiger partial charge in [-0.3, -0.25) is 0 Å². The van der Waals surface area contributed by atoms with E-state index in [4.69, 9.17) is 16.0 Å². The molecule has 2 rings (SSSR count). The largest absolute Gasteiger partial charge is 0.466 e. The first-order chi connectivity index (χ1) is 8.52. The van der Waals surface area contributed by atoms with Crippen molar-refractivity contribution in [2.45, 2.75) is 26.8 Å². The van der Waals surface area contributed by atoms with Crippen LogP contribution in [0.3, 0.4) is 0 Å². The topological polar surface area (TPSA) is 25.2 Å². The lowest BCUT2D eigenvalue weighted by molar-refractivity contribution is 0.497. The number of benzene rings is 1. The average Bonchev–Trinajstić information content (AvgIpc) is 2.64. The Morgan fingerprint density at radius 1 is 1.17 bits per heavy atom. The molecule has 1 N–H and O–H groups in total. The van der Waals surface area contributed by atoms with Crippen LogP contribution in [0, 0.1) is 20.8 Å². The molecule has 0 amide bonds. The summed E-state index contributed by atoms with van der Waals surface area (Å²) in [5.74, 6) is 1.88. The highest BCUT2D eigenvalue weighted by Crippen LogP contribution is 2.29. The van der Waals surface area contributed by atoms with E-state index in [2.05, 4.69) is 17.4 Å². The Labute approximate surface area is 113 Å². The predicted molar refractivity (Wildman–Crippen MR) is 75.3 cm³/mol. The van der Waals surface area contributed by atoms with Crippen LogP contribution in [0.4, 0.5) is 0 Å². The smallest absolute Gasteiger partial charge is 0.106 e. The van der Waals surface area contributed by atoms with Crippen molar-refractivity contribution in [1.29, 1.82) is 0 Å². The standard InChI is InChI=1S/C15H18ClNO/c1-9-5-6-12(8-14(9)16)15(17-4)13-7-10(2)18-11(13)3/h5-8,15,17H,1-4H3. The van der Waals surface area contributed by atoms with E-state index in [0.29, 0.717) is 0 Å². The molecule has 0 spiro atoms. The normalized spacial score (nSPS) is 12.7. The van der Waals surface area contributed by atoms with E-state index in [0.717, 1.165) is 33.2 Å². The second-order valence-electron chi connectivity index (χ2n) is 4.60. The molecule has 3 heteroatoms. The minimum atomic E-state index is 0.112. The number of hydrogen-bond donors (Lipinski definition) is 1. The van der Waals surface area contributed by atoms with Crippen LogP contribution in [0.2, 0.25) is 5.02 Å². The van der Waals surface area contributed by atoms with Crippen molar-refractivity contribution >= 4 is 11.6 Å². The summed E-state index contributed by atoms with van der Waals surface area (Å²) in [7, 11) is 1.94.